The van der Waals surface area contributed by atoms with Gasteiger partial charge in [0.05, 0.1) is 11.4 Å². The van der Waals surface area contributed by atoms with Crippen LogP contribution in [0.1, 0.15) is 40.5 Å². The van der Waals surface area contributed by atoms with Gasteiger partial charge >= 0.3 is 0 Å². The molecular formula is C20H19N3O2. The average molecular weight is 333 g/mol. The lowest BCUT2D eigenvalue weighted by Crippen LogP contribution is -2.31. The van der Waals surface area contributed by atoms with Crippen molar-refractivity contribution in [3.63, 3.8) is 0 Å². The van der Waals surface area contributed by atoms with E-state index < -0.39 is 0 Å². The molecule has 1 fully saturated rings. The second-order valence-electron chi connectivity index (χ2n) is 6.65. The minimum atomic E-state index is -0.288. The Balaban J connectivity index is 1.68. The van der Waals surface area contributed by atoms with Crippen LogP contribution in [0, 0.1) is 12.8 Å². The Morgan fingerprint density at radius 2 is 1.80 bits per heavy atom. The largest absolute Gasteiger partial charge is 0.344 e. The fourth-order valence-electron chi connectivity index (χ4n) is 3.17. The molecule has 5 nitrogen and oxygen atoms in total. The number of benzene rings is 2. The molecule has 0 unspecified atom stereocenters. The number of rotatable bonds is 4. The molecule has 2 aromatic carbocycles. The molecule has 1 amide bonds. The molecule has 1 aliphatic rings. The Bertz CT molecular complexity index is 988. The Kier molecular flexibility index (Phi) is 3.84. The number of carbonyl (C=O) groups is 1. The quantitative estimate of drug-likeness (QED) is 0.770. The molecule has 126 valence electrons. The second-order valence-corrected chi connectivity index (χ2v) is 6.65. The molecule has 1 aliphatic carbocycles. The number of nitrogens with zero attached hydrogens (tertiary/aromatic N) is 1. The van der Waals surface area contributed by atoms with Gasteiger partial charge in [-0.1, -0.05) is 48.0 Å². The van der Waals surface area contributed by atoms with Crippen LogP contribution in [0.15, 0.2) is 53.3 Å². The maximum Gasteiger partial charge on any atom is 0.272 e. The lowest BCUT2D eigenvalue weighted by molar-refractivity contribution is 0.0927. The van der Waals surface area contributed by atoms with E-state index in [4.69, 9.17) is 0 Å². The molecule has 0 saturated heterocycles. The van der Waals surface area contributed by atoms with Crippen LogP contribution in [0.5, 0.6) is 0 Å². The van der Waals surface area contributed by atoms with E-state index in [1.165, 1.54) is 5.56 Å². The van der Waals surface area contributed by atoms with Crippen LogP contribution < -0.4 is 10.9 Å². The van der Waals surface area contributed by atoms with Crippen molar-refractivity contribution in [3.8, 4) is 0 Å². The number of amides is 1. The van der Waals surface area contributed by atoms with E-state index in [1.54, 1.807) is 24.3 Å². The molecule has 0 aliphatic heterocycles. The smallest absolute Gasteiger partial charge is 0.272 e. The van der Waals surface area contributed by atoms with Crippen molar-refractivity contribution in [3.05, 3.63) is 75.7 Å². The molecule has 1 heterocycles. The minimum Gasteiger partial charge on any atom is -0.344 e. The zero-order chi connectivity index (χ0) is 17.4. The van der Waals surface area contributed by atoms with Crippen LogP contribution in [0.2, 0.25) is 0 Å². The predicted molar refractivity (Wildman–Crippen MR) is 96.5 cm³/mol. The maximum absolute atomic E-state index is 12.9. The first kappa shape index (κ1) is 15.6. The number of fused-ring (bicyclic) bond motifs is 1. The fourth-order valence-corrected chi connectivity index (χ4v) is 3.17. The SMILES string of the molecule is Cc1ccc([C@@H](NC(=O)c2n[nH]c(=O)c3ccccc23)C2CC2)cc1. The third kappa shape index (κ3) is 3.05. The van der Waals surface area contributed by atoms with Crippen molar-refractivity contribution in [2.75, 3.05) is 0 Å². The van der Waals surface area contributed by atoms with Gasteiger partial charge in [-0.25, -0.2) is 5.10 Å². The molecule has 4 rings (SSSR count). The molecule has 0 bridgehead atoms. The van der Waals surface area contributed by atoms with E-state index in [0.717, 1.165) is 18.4 Å². The van der Waals surface area contributed by atoms with Gasteiger partial charge in [0.15, 0.2) is 5.69 Å². The predicted octanol–water partition coefficient (Wildman–Crippen LogP) is 3.11. The van der Waals surface area contributed by atoms with Crippen LogP contribution in [0.4, 0.5) is 0 Å². The van der Waals surface area contributed by atoms with Gasteiger partial charge in [-0.3, -0.25) is 9.59 Å². The Morgan fingerprint density at radius 1 is 1.12 bits per heavy atom. The molecule has 3 aromatic rings. The van der Waals surface area contributed by atoms with Crippen LogP contribution in [-0.2, 0) is 0 Å². The number of nitrogens with one attached hydrogen (secondary N) is 2. The van der Waals surface area contributed by atoms with E-state index >= 15 is 0 Å². The zero-order valence-electron chi connectivity index (χ0n) is 14.0. The molecule has 1 aromatic heterocycles. The number of aromatic nitrogens is 2. The third-order valence-electron chi connectivity index (χ3n) is 4.73. The van der Waals surface area contributed by atoms with Crippen LogP contribution in [-0.4, -0.2) is 16.1 Å². The molecule has 0 spiro atoms. The summed E-state index contributed by atoms with van der Waals surface area (Å²) in [4.78, 5) is 24.8. The van der Waals surface area contributed by atoms with E-state index in [9.17, 15) is 9.59 Å². The summed E-state index contributed by atoms with van der Waals surface area (Å²) < 4.78 is 0. The molecule has 2 N–H and O–H groups in total. The van der Waals surface area contributed by atoms with E-state index in [2.05, 4.69) is 39.8 Å². The van der Waals surface area contributed by atoms with Gasteiger partial charge in [0, 0.05) is 5.39 Å². The van der Waals surface area contributed by atoms with Crippen LogP contribution in [0.3, 0.4) is 0 Å². The van der Waals surface area contributed by atoms with Crippen molar-refractivity contribution >= 4 is 16.7 Å². The molecular weight excluding hydrogens is 314 g/mol. The van der Waals surface area contributed by atoms with Crippen molar-refractivity contribution < 1.29 is 4.79 Å². The van der Waals surface area contributed by atoms with Crippen molar-refractivity contribution in [2.24, 2.45) is 5.92 Å². The summed E-state index contributed by atoms with van der Waals surface area (Å²) in [6, 6.07) is 15.3. The number of aromatic amines is 1. The lowest BCUT2D eigenvalue weighted by atomic mass is 10.0. The highest BCUT2D eigenvalue weighted by molar-refractivity contribution is 6.04. The molecule has 5 heteroatoms. The number of hydrogen-bond donors (Lipinski definition) is 2. The Morgan fingerprint density at radius 3 is 2.48 bits per heavy atom. The van der Waals surface area contributed by atoms with Gasteiger partial charge in [-0.2, -0.15) is 5.10 Å². The number of hydrogen-bond acceptors (Lipinski definition) is 3. The summed E-state index contributed by atoms with van der Waals surface area (Å²) >= 11 is 0. The average Bonchev–Trinajstić information content (AvgIpc) is 3.46. The summed E-state index contributed by atoms with van der Waals surface area (Å²) in [7, 11) is 0. The molecule has 1 saturated carbocycles. The highest BCUT2D eigenvalue weighted by atomic mass is 16.2. The van der Waals surface area contributed by atoms with E-state index in [1.807, 2.05) is 6.92 Å². The number of aryl methyl sites for hydroxylation is 1. The summed E-state index contributed by atoms with van der Waals surface area (Å²) in [5.74, 6) is 0.200. The van der Waals surface area contributed by atoms with E-state index in [-0.39, 0.29) is 23.2 Å². The lowest BCUT2D eigenvalue weighted by Gasteiger charge is -2.19. The number of H-pyrrole nitrogens is 1. The summed E-state index contributed by atoms with van der Waals surface area (Å²) in [6.07, 6.45) is 2.22. The molecule has 0 radical (unpaired) electrons. The summed E-state index contributed by atoms with van der Waals surface area (Å²) in [5.41, 5.74) is 2.27. The van der Waals surface area contributed by atoms with Gasteiger partial charge < -0.3 is 5.32 Å². The first-order valence-corrected chi connectivity index (χ1v) is 8.48. The van der Waals surface area contributed by atoms with Gasteiger partial charge in [-0.15, -0.1) is 0 Å². The summed E-state index contributed by atoms with van der Waals surface area (Å²) in [5, 5.41) is 10.6. The normalized spacial score (nSPS) is 15.1. The van der Waals surface area contributed by atoms with Gasteiger partial charge in [0.1, 0.15) is 0 Å². The molecule has 25 heavy (non-hydrogen) atoms. The van der Waals surface area contributed by atoms with Gasteiger partial charge in [0.2, 0.25) is 0 Å². The third-order valence-corrected chi connectivity index (χ3v) is 4.73. The monoisotopic (exact) mass is 333 g/mol. The minimum absolute atomic E-state index is 0.0272. The topological polar surface area (TPSA) is 74.8 Å². The number of carbonyl (C=O) groups excluding carboxylic acids is 1. The standard InChI is InChI=1S/C20H19N3O2/c1-12-6-8-13(9-7-12)17(14-10-11-14)21-20(25)18-15-4-2-3-5-16(15)19(24)23-22-18/h2-9,14,17H,10-11H2,1H3,(H,21,25)(H,23,24)/t17-/m1/s1. The zero-order valence-corrected chi connectivity index (χ0v) is 14.0. The Labute approximate surface area is 145 Å². The highest BCUT2D eigenvalue weighted by Crippen LogP contribution is 2.41. The molecule has 1 atom stereocenters. The summed E-state index contributed by atoms with van der Waals surface area (Å²) in [6.45, 7) is 2.05. The van der Waals surface area contributed by atoms with Crippen molar-refractivity contribution in [2.45, 2.75) is 25.8 Å². The first-order valence-electron chi connectivity index (χ1n) is 8.48. The van der Waals surface area contributed by atoms with Crippen molar-refractivity contribution in [1.29, 1.82) is 0 Å². The maximum atomic E-state index is 12.9. The fraction of sp³-hybridized carbons (Fsp3) is 0.250. The van der Waals surface area contributed by atoms with E-state index in [0.29, 0.717) is 16.7 Å². The Hall–Kier alpha value is -2.95. The van der Waals surface area contributed by atoms with Crippen LogP contribution in [0.25, 0.3) is 10.8 Å². The van der Waals surface area contributed by atoms with Crippen molar-refractivity contribution in [1.82, 2.24) is 15.5 Å². The van der Waals surface area contributed by atoms with Crippen LogP contribution >= 0.6 is 0 Å². The highest BCUT2D eigenvalue weighted by Gasteiger charge is 2.34. The van der Waals surface area contributed by atoms with Gasteiger partial charge in [-0.05, 0) is 37.3 Å². The second kappa shape index (κ2) is 6.16. The van der Waals surface area contributed by atoms with Gasteiger partial charge in [0.25, 0.3) is 11.5 Å². The first-order chi connectivity index (χ1) is 12.1.